The van der Waals surface area contributed by atoms with Crippen molar-refractivity contribution in [2.45, 2.75) is 6.92 Å². The first-order chi connectivity index (χ1) is 12.5. The number of carbonyl (C=O) groups is 2. The second-order valence-corrected chi connectivity index (χ2v) is 6.05. The molecule has 2 aromatic rings. The number of hydrogen-bond donors (Lipinski definition) is 2. The zero-order chi connectivity index (χ0) is 18.9. The number of hydrazone groups is 1. The third kappa shape index (κ3) is 5.89. The molecular weight excluding hydrogens is 402 g/mol. The average molecular weight is 420 g/mol. The normalized spacial score (nSPS) is 10.4. The molecule has 0 radical (unpaired) electrons. The molecule has 7 nitrogen and oxygen atoms in total. The lowest BCUT2D eigenvalue weighted by molar-refractivity contribution is -0.142. The molecule has 0 aromatic heterocycles. The van der Waals surface area contributed by atoms with Gasteiger partial charge in [-0.25, -0.2) is 15.0 Å². The van der Waals surface area contributed by atoms with Crippen LogP contribution < -0.4 is 15.5 Å². The molecule has 2 rings (SSSR count). The molecule has 0 spiro atoms. The summed E-state index contributed by atoms with van der Waals surface area (Å²) in [6.45, 7) is 1.72. The summed E-state index contributed by atoms with van der Waals surface area (Å²) in [6, 6.07) is 12.0. The predicted octanol–water partition coefficient (Wildman–Crippen LogP) is 3.46. The number of esters is 1. The number of amides is 2. The number of ether oxygens (including phenoxy) is 2. The fraction of sp³-hybridized carbons (Fsp3) is 0.167. The summed E-state index contributed by atoms with van der Waals surface area (Å²) in [4.78, 5) is 23.1. The molecule has 0 saturated heterocycles. The molecule has 136 valence electrons. The summed E-state index contributed by atoms with van der Waals surface area (Å²) in [5, 5.41) is 6.57. The average Bonchev–Trinajstić information content (AvgIpc) is 2.63. The molecule has 2 amide bonds. The maximum absolute atomic E-state index is 11.9. The van der Waals surface area contributed by atoms with Crippen molar-refractivity contribution in [3.8, 4) is 5.75 Å². The van der Waals surface area contributed by atoms with E-state index in [1.807, 2.05) is 19.1 Å². The molecule has 0 unspecified atom stereocenters. The van der Waals surface area contributed by atoms with Gasteiger partial charge >= 0.3 is 12.0 Å². The van der Waals surface area contributed by atoms with Crippen molar-refractivity contribution in [2.24, 2.45) is 5.10 Å². The molecule has 0 aliphatic carbocycles. The molecule has 0 aliphatic heterocycles. The summed E-state index contributed by atoms with van der Waals surface area (Å²) in [5.41, 5.74) is 4.64. The first kappa shape index (κ1) is 19.5. The molecule has 0 atom stereocenters. The zero-order valence-electron chi connectivity index (χ0n) is 14.3. The van der Waals surface area contributed by atoms with Gasteiger partial charge in [0.15, 0.2) is 6.61 Å². The maximum Gasteiger partial charge on any atom is 0.343 e. The first-order valence-corrected chi connectivity index (χ1v) is 8.43. The number of benzene rings is 2. The number of methoxy groups -OCH3 is 1. The lowest BCUT2D eigenvalue weighted by atomic mass is 10.2. The number of halogens is 1. The Morgan fingerprint density at radius 1 is 1.23 bits per heavy atom. The lowest BCUT2D eigenvalue weighted by Gasteiger charge is -2.08. The number of rotatable bonds is 6. The number of para-hydroxylation sites is 1. The van der Waals surface area contributed by atoms with Crippen LogP contribution >= 0.6 is 15.9 Å². The number of aryl methyl sites for hydroxylation is 1. The molecule has 2 aromatic carbocycles. The SMILES string of the molecule is COC(=O)COc1ccccc1/C=N/NC(=O)Nc1ccc(Br)c(C)c1. The number of urea groups is 1. The van der Waals surface area contributed by atoms with Crippen LogP contribution in [0.3, 0.4) is 0 Å². The lowest BCUT2D eigenvalue weighted by Crippen LogP contribution is -2.24. The Balaban J connectivity index is 1.94. The monoisotopic (exact) mass is 419 g/mol. The van der Waals surface area contributed by atoms with E-state index in [-0.39, 0.29) is 6.61 Å². The topological polar surface area (TPSA) is 89.0 Å². The summed E-state index contributed by atoms with van der Waals surface area (Å²) >= 11 is 3.40. The van der Waals surface area contributed by atoms with E-state index in [1.165, 1.54) is 13.3 Å². The van der Waals surface area contributed by atoms with E-state index in [4.69, 9.17) is 4.74 Å². The third-order valence-electron chi connectivity index (χ3n) is 3.28. The molecule has 0 fully saturated rings. The van der Waals surface area contributed by atoms with E-state index in [2.05, 4.69) is 36.5 Å². The molecule has 0 bridgehead atoms. The Bertz CT molecular complexity index is 824. The minimum Gasteiger partial charge on any atom is -0.481 e. The number of nitrogens with one attached hydrogen (secondary N) is 2. The molecule has 0 heterocycles. The van der Waals surface area contributed by atoms with Gasteiger partial charge in [0.2, 0.25) is 0 Å². The van der Waals surface area contributed by atoms with Gasteiger partial charge in [-0.05, 0) is 42.8 Å². The van der Waals surface area contributed by atoms with Crippen molar-refractivity contribution in [3.05, 3.63) is 58.1 Å². The van der Waals surface area contributed by atoms with Crippen molar-refractivity contribution in [2.75, 3.05) is 19.0 Å². The number of carbonyl (C=O) groups excluding carboxylic acids is 2. The van der Waals surface area contributed by atoms with Crippen molar-refractivity contribution >= 4 is 39.8 Å². The van der Waals surface area contributed by atoms with E-state index in [1.54, 1.807) is 30.3 Å². The highest BCUT2D eigenvalue weighted by Crippen LogP contribution is 2.20. The number of hydrogen-bond acceptors (Lipinski definition) is 5. The van der Waals surface area contributed by atoms with Crippen LogP contribution in [0.25, 0.3) is 0 Å². The summed E-state index contributed by atoms with van der Waals surface area (Å²) in [7, 11) is 1.29. The van der Waals surface area contributed by atoms with Gasteiger partial charge in [0, 0.05) is 15.7 Å². The van der Waals surface area contributed by atoms with Crippen LogP contribution in [0, 0.1) is 6.92 Å². The highest BCUT2D eigenvalue weighted by molar-refractivity contribution is 9.10. The Labute approximate surface area is 159 Å². The van der Waals surface area contributed by atoms with Gasteiger partial charge in [0.05, 0.1) is 13.3 Å². The number of anilines is 1. The molecular formula is C18H18BrN3O4. The number of nitrogens with zero attached hydrogens (tertiary/aromatic N) is 1. The van der Waals surface area contributed by atoms with Crippen LogP contribution in [-0.2, 0) is 9.53 Å². The highest BCUT2D eigenvalue weighted by Gasteiger charge is 2.06. The Morgan fingerprint density at radius 2 is 2.00 bits per heavy atom. The molecule has 2 N–H and O–H groups in total. The second-order valence-electron chi connectivity index (χ2n) is 5.19. The van der Waals surface area contributed by atoms with Gasteiger partial charge in [-0.15, -0.1) is 0 Å². The quantitative estimate of drug-likeness (QED) is 0.426. The highest BCUT2D eigenvalue weighted by atomic mass is 79.9. The van der Waals surface area contributed by atoms with E-state index in [0.29, 0.717) is 17.0 Å². The fourth-order valence-electron chi connectivity index (χ4n) is 1.96. The Hall–Kier alpha value is -2.87. The van der Waals surface area contributed by atoms with Gasteiger partial charge in [-0.1, -0.05) is 28.1 Å². The van der Waals surface area contributed by atoms with Gasteiger partial charge in [-0.3, -0.25) is 0 Å². The predicted molar refractivity (Wildman–Crippen MR) is 103 cm³/mol. The second kappa shape index (κ2) is 9.57. The minimum absolute atomic E-state index is 0.210. The maximum atomic E-state index is 11.9. The summed E-state index contributed by atoms with van der Waals surface area (Å²) in [5.74, 6) is -0.0357. The smallest absolute Gasteiger partial charge is 0.343 e. The van der Waals surface area contributed by atoms with Crippen LogP contribution in [0.2, 0.25) is 0 Å². The van der Waals surface area contributed by atoms with Crippen LogP contribution in [-0.4, -0.2) is 31.9 Å². The Kier molecular flexibility index (Phi) is 7.16. The van der Waals surface area contributed by atoms with Crippen molar-refractivity contribution in [1.82, 2.24) is 5.43 Å². The van der Waals surface area contributed by atoms with Gasteiger partial charge < -0.3 is 14.8 Å². The summed E-state index contributed by atoms with van der Waals surface area (Å²) < 4.78 is 10.9. The van der Waals surface area contributed by atoms with Gasteiger partial charge in [0.25, 0.3) is 0 Å². The molecule has 26 heavy (non-hydrogen) atoms. The Morgan fingerprint density at radius 3 is 2.73 bits per heavy atom. The van der Waals surface area contributed by atoms with E-state index in [9.17, 15) is 9.59 Å². The van der Waals surface area contributed by atoms with Crippen LogP contribution in [0.15, 0.2) is 52.0 Å². The molecule has 8 heteroatoms. The van der Waals surface area contributed by atoms with Crippen LogP contribution in [0.1, 0.15) is 11.1 Å². The standard InChI is InChI=1S/C18H18BrN3O4/c1-12-9-14(7-8-15(12)19)21-18(24)22-20-10-13-5-3-4-6-16(13)26-11-17(23)25-2/h3-10H,11H2,1-2H3,(H2,21,22,24)/b20-10+. The largest absolute Gasteiger partial charge is 0.481 e. The van der Waals surface area contributed by atoms with Crippen molar-refractivity contribution < 1.29 is 19.1 Å². The van der Waals surface area contributed by atoms with E-state index in [0.717, 1.165) is 10.0 Å². The zero-order valence-corrected chi connectivity index (χ0v) is 15.9. The van der Waals surface area contributed by atoms with Crippen LogP contribution in [0.5, 0.6) is 5.75 Å². The third-order valence-corrected chi connectivity index (χ3v) is 4.17. The fourth-order valence-corrected chi connectivity index (χ4v) is 2.20. The van der Waals surface area contributed by atoms with Crippen molar-refractivity contribution in [3.63, 3.8) is 0 Å². The summed E-state index contributed by atoms with van der Waals surface area (Å²) in [6.07, 6.45) is 1.43. The van der Waals surface area contributed by atoms with E-state index < -0.39 is 12.0 Å². The van der Waals surface area contributed by atoms with Crippen LogP contribution in [0.4, 0.5) is 10.5 Å². The van der Waals surface area contributed by atoms with E-state index >= 15 is 0 Å². The first-order valence-electron chi connectivity index (χ1n) is 7.64. The minimum atomic E-state index is -0.487. The van der Waals surface area contributed by atoms with Gasteiger partial charge in [0.1, 0.15) is 5.75 Å². The van der Waals surface area contributed by atoms with Gasteiger partial charge in [-0.2, -0.15) is 5.10 Å². The van der Waals surface area contributed by atoms with Crippen molar-refractivity contribution in [1.29, 1.82) is 0 Å². The molecule has 0 saturated carbocycles. The molecule has 0 aliphatic rings.